The third-order valence-electron chi connectivity index (χ3n) is 5.62. The molecule has 0 spiro atoms. The van der Waals surface area contributed by atoms with Crippen LogP contribution in [0.5, 0.6) is 0 Å². The minimum absolute atomic E-state index is 0.0218. The monoisotopic (exact) mass is 478 g/mol. The molecule has 0 aliphatic carbocycles. The maximum atomic E-state index is 11.7. The van der Waals surface area contributed by atoms with Crippen molar-refractivity contribution in [3.05, 3.63) is 112 Å². The molecular weight excluding hydrogens is 448 g/mol. The van der Waals surface area contributed by atoms with Gasteiger partial charge in [-0.2, -0.15) is 5.10 Å². The van der Waals surface area contributed by atoms with Gasteiger partial charge in [-0.1, -0.05) is 72.5 Å². The van der Waals surface area contributed by atoms with Crippen LogP contribution in [-0.4, -0.2) is 14.7 Å². The van der Waals surface area contributed by atoms with Gasteiger partial charge in [-0.15, -0.1) is 0 Å². The SMILES string of the molecule is Cn1cc(C#CC(C)(C)C)c(-c2cc([N+](=O)[O-])ccc2N(Cc2ccccc2)Cc2ccccc2)n1. The van der Waals surface area contributed by atoms with Crippen LogP contribution in [0.1, 0.15) is 37.5 Å². The fourth-order valence-corrected chi connectivity index (χ4v) is 3.97. The van der Waals surface area contributed by atoms with E-state index in [1.807, 2.05) is 55.7 Å². The molecular formula is C30H30N4O2. The van der Waals surface area contributed by atoms with Crippen molar-refractivity contribution >= 4 is 11.4 Å². The lowest BCUT2D eigenvalue weighted by atomic mass is 9.96. The zero-order chi connectivity index (χ0) is 25.7. The highest BCUT2D eigenvalue weighted by molar-refractivity contribution is 5.82. The first-order valence-electron chi connectivity index (χ1n) is 11.9. The molecule has 1 aromatic heterocycles. The number of nitro groups is 1. The number of nitro benzene ring substituents is 1. The fraction of sp³-hybridized carbons (Fsp3) is 0.233. The molecule has 0 N–H and O–H groups in total. The molecule has 0 unspecified atom stereocenters. The summed E-state index contributed by atoms with van der Waals surface area (Å²) in [5.74, 6) is 6.54. The van der Waals surface area contributed by atoms with Crippen molar-refractivity contribution in [3.8, 4) is 23.1 Å². The minimum Gasteiger partial charge on any atom is -0.362 e. The summed E-state index contributed by atoms with van der Waals surface area (Å²) in [5.41, 5.74) is 5.06. The van der Waals surface area contributed by atoms with Crippen LogP contribution in [0, 0.1) is 27.4 Å². The zero-order valence-electron chi connectivity index (χ0n) is 21.1. The summed E-state index contributed by atoms with van der Waals surface area (Å²) in [5, 5.41) is 16.4. The van der Waals surface area contributed by atoms with Crippen LogP contribution in [-0.2, 0) is 20.1 Å². The topological polar surface area (TPSA) is 64.2 Å². The number of benzene rings is 3. The standard InChI is InChI=1S/C30H30N4O2/c1-30(2,3)18-17-25-22-32(4)31-29(25)27-19-26(34(35)36)15-16-28(27)33(20-23-11-7-5-8-12-23)21-24-13-9-6-10-14-24/h5-16,19,22H,20-21H2,1-4H3. The largest absolute Gasteiger partial charge is 0.362 e. The van der Waals surface area contributed by atoms with E-state index >= 15 is 0 Å². The molecule has 0 aliphatic heterocycles. The molecule has 0 atom stereocenters. The van der Waals surface area contributed by atoms with E-state index in [1.165, 1.54) is 0 Å². The van der Waals surface area contributed by atoms with Gasteiger partial charge >= 0.3 is 0 Å². The van der Waals surface area contributed by atoms with Gasteiger partial charge in [0.05, 0.1) is 10.5 Å². The van der Waals surface area contributed by atoms with Crippen LogP contribution < -0.4 is 4.90 Å². The fourth-order valence-electron chi connectivity index (χ4n) is 3.97. The normalized spacial score (nSPS) is 11.0. The third-order valence-corrected chi connectivity index (χ3v) is 5.62. The Kier molecular flexibility index (Phi) is 7.21. The number of rotatable bonds is 7. The van der Waals surface area contributed by atoms with Crippen LogP contribution in [0.4, 0.5) is 11.4 Å². The Balaban J connectivity index is 1.89. The molecule has 3 aromatic carbocycles. The minimum atomic E-state index is -0.366. The van der Waals surface area contributed by atoms with Crippen molar-refractivity contribution in [3.63, 3.8) is 0 Å². The van der Waals surface area contributed by atoms with Crippen LogP contribution >= 0.6 is 0 Å². The average Bonchev–Trinajstić information content (AvgIpc) is 3.23. The van der Waals surface area contributed by atoms with Crippen LogP contribution in [0.25, 0.3) is 11.3 Å². The molecule has 0 saturated heterocycles. The van der Waals surface area contributed by atoms with Gasteiger partial charge < -0.3 is 4.90 Å². The predicted octanol–water partition coefficient (Wildman–Crippen LogP) is 6.60. The number of aromatic nitrogens is 2. The van der Waals surface area contributed by atoms with E-state index in [9.17, 15) is 10.1 Å². The lowest BCUT2D eigenvalue weighted by Gasteiger charge is -2.27. The summed E-state index contributed by atoms with van der Waals surface area (Å²) in [6.45, 7) is 7.43. The Morgan fingerprint density at radius 1 is 0.944 bits per heavy atom. The quantitative estimate of drug-likeness (QED) is 0.171. The molecule has 0 saturated carbocycles. The Morgan fingerprint density at radius 2 is 1.53 bits per heavy atom. The first kappa shape index (κ1) is 24.7. The highest BCUT2D eigenvalue weighted by Gasteiger charge is 2.22. The molecule has 0 amide bonds. The molecule has 4 rings (SSSR count). The highest BCUT2D eigenvalue weighted by atomic mass is 16.6. The van der Waals surface area contributed by atoms with Crippen LogP contribution in [0.3, 0.4) is 0 Å². The summed E-state index contributed by atoms with van der Waals surface area (Å²) in [6, 6.07) is 25.4. The van der Waals surface area contributed by atoms with Crippen molar-refractivity contribution in [2.45, 2.75) is 33.9 Å². The van der Waals surface area contributed by atoms with Crippen molar-refractivity contribution < 1.29 is 4.92 Å². The smallest absolute Gasteiger partial charge is 0.270 e. The van der Waals surface area contributed by atoms with Gasteiger partial charge in [0.25, 0.3) is 5.69 Å². The van der Waals surface area contributed by atoms with E-state index in [0.717, 1.165) is 22.4 Å². The number of nitrogens with zero attached hydrogens (tertiary/aromatic N) is 4. The number of anilines is 1. The van der Waals surface area contributed by atoms with E-state index in [4.69, 9.17) is 5.10 Å². The van der Waals surface area contributed by atoms with Crippen molar-refractivity contribution in [1.82, 2.24) is 9.78 Å². The first-order chi connectivity index (χ1) is 17.2. The lowest BCUT2D eigenvalue weighted by Crippen LogP contribution is -2.23. The van der Waals surface area contributed by atoms with Gasteiger partial charge in [0.15, 0.2) is 0 Å². The van der Waals surface area contributed by atoms with E-state index < -0.39 is 0 Å². The Bertz CT molecular complexity index is 1370. The lowest BCUT2D eigenvalue weighted by molar-refractivity contribution is -0.384. The van der Waals surface area contributed by atoms with Gasteiger partial charge in [-0.3, -0.25) is 14.8 Å². The number of hydrogen-bond donors (Lipinski definition) is 0. The Hall–Kier alpha value is -4.37. The van der Waals surface area contributed by atoms with Gasteiger partial charge in [-0.25, -0.2) is 0 Å². The summed E-state index contributed by atoms with van der Waals surface area (Å²) in [6.07, 6.45) is 1.87. The molecule has 6 heteroatoms. The molecule has 0 bridgehead atoms. The molecule has 4 aromatic rings. The molecule has 1 heterocycles. The Morgan fingerprint density at radius 3 is 2.06 bits per heavy atom. The second-order valence-corrected chi connectivity index (χ2v) is 9.85. The molecule has 182 valence electrons. The second kappa shape index (κ2) is 10.5. The maximum absolute atomic E-state index is 11.7. The highest BCUT2D eigenvalue weighted by Crippen LogP contribution is 2.36. The molecule has 36 heavy (non-hydrogen) atoms. The summed E-state index contributed by atoms with van der Waals surface area (Å²) >= 11 is 0. The van der Waals surface area contributed by atoms with Crippen LogP contribution in [0.2, 0.25) is 0 Å². The number of non-ortho nitro benzene ring substituents is 1. The summed E-state index contributed by atoms with van der Waals surface area (Å²) in [4.78, 5) is 13.6. The van der Waals surface area contributed by atoms with Gasteiger partial charge in [0, 0.05) is 55.1 Å². The van der Waals surface area contributed by atoms with E-state index in [-0.39, 0.29) is 16.0 Å². The molecule has 6 nitrogen and oxygen atoms in total. The van der Waals surface area contributed by atoms with Gasteiger partial charge in [-0.05, 0) is 38.0 Å². The summed E-state index contributed by atoms with van der Waals surface area (Å²) in [7, 11) is 1.84. The van der Waals surface area contributed by atoms with Crippen LogP contribution in [0.15, 0.2) is 85.1 Å². The first-order valence-corrected chi connectivity index (χ1v) is 11.9. The zero-order valence-corrected chi connectivity index (χ0v) is 21.1. The maximum Gasteiger partial charge on any atom is 0.270 e. The van der Waals surface area contributed by atoms with Crippen molar-refractivity contribution in [1.29, 1.82) is 0 Å². The Labute approximate surface area is 212 Å². The molecule has 0 aliphatic rings. The molecule has 0 fully saturated rings. The average molecular weight is 479 g/mol. The number of aryl methyl sites for hydroxylation is 1. The van der Waals surface area contributed by atoms with E-state index in [0.29, 0.717) is 24.3 Å². The summed E-state index contributed by atoms with van der Waals surface area (Å²) < 4.78 is 1.71. The third kappa shape index (κ3) is 6.19. The number of hydrogen-bond acceptors (Lipinski definition) is 4. The van der Waals surface area contributed by atoms with Gasteiger partial charge in [0.2, 0.25) is 0 Å². The van der Waals surface area contributed by atoms with E-state index in [1.54, 1.807) is 16.8 Å². The van der Waals surface area contributed by atoms with Gasteiger partial charge in [0.1, 0.15) is 5.69 Å². The van der Waals surface area contributed by atoms with Crippen molar-refractivity contribution in [2.75, 3.05) is 4.90 Å². The second-order valence-electron chi connectivity index (χ2n) is 9.85. The van der Waals surface area contributed by atoms with E-state index in [2.05, 4.69) is 61.8 Å². The predicted molar refractivity (Wildman–Crippen MR) is 144 cm³/mol. The molecule has 0 radical (unpaired) electrons. The van der Waals surface area contributed by atoms with Crippen molar-refractivity contribution in [2.24, 2.45) is 12.5 Å².